The van der Waals surface area contributed by atoms with Gasteiger partial charge in [0.15, 0.2) is 0 Å². The SMILES string of the molecule is CC(C)(C)CC(c1ccccc1)(c1ccccc1)c1ccccc1. The highest BCUT2D eigenvalue weighted by Gasteiger charge is 2.39. The Balaban J connectivity index is 2.33. The van der Waals surface area contributed by atoms with Gasteiger partial charge >= 0.3 is 0 Å². The predicted molar refractivity (Wildman–Crippen MR) is 103 cm³/mol. The standard InChI is InChI=1S/C24H26/c1-23(2,3)19-24(20-13-7-4-8-14-20,21-15-9-5-10-16-21)22-17-11-6-12-18-22/h4-18H,19H2,1-3H3. The van der Waals surface area contributed by atoms with Gasteiger partial charge < -0.3 is 0 Å². The van der Waals surface area contributed by atoms with Gasteiger partial charge in [-0.15, -0.1) is 0 Å². The van der Waals surface area contributed by atoms with E-state index < -0.39 is 0 Å². The van der Waals surface area contributed by atoms with Crippen LogP contribution in [0.2, 0.25) is 0 Å². The Morgan fingerprint density at radius 3 is 1.04 bits per heavy atom. The Morgan fingerprint density at radius 1 is 0.500 bits per heavy atom. The molecule has 3 aromatic rings. The minimum absolute atomic E-state index is 0.137. The van der Waals surface area contributed by atoms with E-state index in [2.05, 4.69) is 112 Å². The van der Waals surface area contributed by atoms with Gasteiger partial charge in [0.25, 0.3) is 0 Å². The molecule has 0 aromatic heterocycles. The van der Waals surface area contributed by atoms with Gasteiger partial charge in [0, 0.05) is 5.41 Å². The van der Waals surface area contributed by atoms with Crippen molar-refractivity contribution < 1.29 is 0 Å². The van der Waals surface area contributed by atoms with E-state index in [4.69, 9.17) is 0 Å². The molecule has 0 saturated heterocycles. The lowest BCUT2D eigenvalue weighted by Crippen LogP contribution is -2.34. The van der Waals surface area contributed by atoms with Crippen LogP contribution in [-0.4, -0.2) is 0 Å². The molecule has 122 valence electrons. The first kappa shape index (κ1) is 16.5. The molecule has 0 aliphatic rings. The van der Waals surface area contributed by atoms with Crippen molar-refractivity contribution in [2.45, 2.75) is 32.6 Å². The van der Waals surface area contributed by atoms with Crippen LogP contribution in [0.1, 0.15) is 43.9 Å². The second-order valence-corrected chi connectivity index (χ2v) is 7.74. The molecule has 3 aromatic carbocycles. The average Bonchev–Trinajstić information content (AvgIpc) is 2.61. The first-order valence-electron chi connectivity index (χ1n) is 8.69. The van der Waals surface area contributed by atoms with Crippen LogP contribution >= 0.6 is 0 Å². The number of benzene rings is 3. The highest BCUT2D eigenvalue weighted by atomic mass is 14.4. The smallest absolute Gasteiger partial charge is 0.0456 e. The maximum atomic E-state index is 2.33. The third-order valence-electron chi connectivity index (χ3n) is 4.60. The summed E-state index contributed by atoms with van der Waals surface area (Å²) in [6.45, 7) is 6.99. The summed E-state index contributed by atoms with van der Waals surface area (Å²) in [5, 5.41) is 0. The van der Waals surface area contributed by atoms with E-state index in [-0.39, 0.29) is 10.8 Å². The zero-order valence-electron chi connectivity index (χ0n) is 14.9. The van der Waals surface area contributed by atoms with E-state index in [1.807, 2.05) is 0 Å². The molecular weight excluding hydrogens is 288 g/mol. The lowest BCUT2D eigenvalue weighted by Gasteiger charge is -2.40. The molecule has 0 unspecified atom stereocenters. The molecule has 0 bridgehead atoms. The summed E-state index contributed by atoms with van der Waals surface area (Å²) in [6, 6.07) is 32.8. The van der Waals surface area contributed by atoms with Crippen molar-refractivity contribution in [1.29, 1.82) is 0 Å². The fourth-order valence-electron chi connectivity index (χ4n) is 3.77. The van der Waals surface area contributed by atoms with E-state index in [1.54, 1.807) is 0 Å². The summed E-state index contributed by atoms with van der Waals surface area (Å²) in [6.07, 6.45) is 1.05. The lowest BCUT2D eigenvalue weighted by atomic mass is 9.62. The molecule has 0 fully saturated rings. The van der Waals surface area contributed by atoms with E-state index >= 15 is 0 Å². The molecule has 0 nitrogen and oxygen atoms in total. The van der Waals surface area contributed by atoms with Gasteiger partial charge in [-0.3, -0.25) is 0 Å². The molecule has 0 aliphatic heterocycles. The molecule has 0 atom stereocenters. The maximum Gasteiger partial charge on any atom is 0.0456 e. The Labute approximate surface area is 146 Å². The van der Waals surface area contributed by atoms with Gasteiger partial charge in [0.1, 0.15) is 0 Å². The molecule has 0 aliphatic carbocycles. The molecule has 24 heavy (non-hydrogen) atoms. The molecule has 3 rings (SSSR count). The van der Waals surface area contributed by atoms with Crippen molar-refractivity contribution >= 4 is 0 Å². The molecule has 0 N–H and O–H groups in total. The van der Waals surface area contributed by atoms with Crippen LogP contribution in [0.5, 0.6) is 0 Å². The van der Waals surface area contributed by atoms with Gasteiger partial charge in [-0.2, -0.15) is 0 Å². The van der Waals surface area contributed by atoms with Crippen molar-refractivity contribution in [3.05, 3.63) is 108 Å². The van der Waals surface area contributed by atoms with Crippen LogP contribution in [0.25, 0.3) is 0 Å². The molecule has 0 heteroatoms. The topological polar surface area (TPSA) is 0 Å². The summed E-state index contributed by atoms with van der Waals surface area (Å²) in [7, 11) is 0. The fraction of sp³-hybridized carbons (Fsp3) is 0.250. The third kappa shape index (κ3) is 3.28. The summed E-state index contributed by atoms with van der Waals surface area (Å²) in [5.41, 5.74) is 4.13. The lowest BCUT2D eigenvalue weighted by molar-refractivity contribution is 0.313. The third-order valence-corrected chi connectivity index (χ3v) is 4.60. The first-order chi connectivity index (χ1) is 11.5. The van der Waals surface area contributed by atoms with Crippen molar-refractivity contribution in [1.82, 2.24) is 0 Å². The molecule has 0 saturated carbocycles. The van der Waals surface area contributed by atoms with Crippen LogP contribution in [0.3, 0.4) is 0 Å². The predicted octanol–water partition coefficient (Wildman–Crippen LogP) is 6.46. The number of hydrogen-bond donors (Lipinski definition) is 0. The van der Waals surface area contributed by atoms with Crippen molar-refractivity contribution in [2.75, 3.05) is 0 Å². The van der Waals surface area contributed by atoms with Crippen molar-refractivity contribution in [3.63, 3.8) is 0 Å². The van der Waals surface area contributed by atoms with Crippen LogP contribution in [0.15, 0.2) is 91.0 Å². The summed E-state index contributed by atoms with van der Waals surface area (Å²) < 4.78 is 0. The highest BCUT2D eigenvalue weighted by molar-refractivity contribution is 5.50. The minimum Gasteiger partial charge on any atom is -0.0622 e. The molecule has 0 radical (unpaired) electrons. The quantitative estimate of drug-likeness (QED) is 0.485. The zero-order valence-corrected chi connectivity index (χ0v) is 14.9. The van der Waals surface area contributed by atoms with Crippen molar-refractivity contribution in [2.24, 2.45) is 5.41 Å². The van der Waals surface area contributed by atoms with Gasteiger partial charge in [-0.05, 0) is 28.5 Å². The average molecular weight is 314 g/mol. The van der Waals surface area contributed by atoms with E-state index in [1.165, 1.54) is 16.7 Å². The monoisotopic (exact) mass is 314 g/mol. The second-order valence-electron chi connectivity index (χ2n) is 7.74. The summed E-state index contributed by atoms with van der Waals surface area (Å²) >= 11 is 0. The minimum atomic E-state index is -0.137. The Bertz CT molecular complexity index is 653. The Hall–Kier alpha value is -2.34. The largest absolute Gasteiger partial charge is 0.0622 e. The van der Waals surface area contributed by atoms with Crippen LogP contribution in [0, 0.1) is 5.41 Å². The summed E-state index contributed by atoms with van der Waals surface area (Å²) in [4.78, 5) is 0. The van der Waals surface area contributed by atoms with E-state index in [0.29, 0.717) is 0 Å². The van der Waals surface area contributed by atoms with Gasteiger partial charge in [0.2, 0.25) is 0 Å². The fourth-order valence-corrected chi connectivity index (χ4v) is 3.77. The highest BCUT2D eigenvalue weighted by Crippen LogP contribution is 2.46. The molecule has 0 heterocycles. The zero-order chi connectivity index (χ0) is 17.0. The van der Waals surface area contributed by atoms with Gasteiger partial charge in [-0.1, -0.05) is 112 Å². The van der Waals surface area contributed by atoms with Crippen molar-refractivity contribution in [3.8, 4) is 0 Å². The van der Waals surface area contributed by atoms with Gasteiger partial charge in [-0.25, -0.2) is 0 Å². The Kier molecular flexibility index (Phi) is 4.57. The van der Waals surface area contributed by atoms with Gasteiger partial charge in [0.05, 0.1) is 0 Å². The first-order valence-corrected chi connectivity index (χ1v) is 8.69. The van der Waals surface area contributed by atoms with Crippen LogP contribution < -0.4 is 0 Å². The maximum absolute atomic E-state index is 2.33. The summed E-state index contributed by atoms with van der Waals surface area (Å²) in [5.74, 6) is 0. The normalized spacial score (nSPS) is 12.1. The van der Waals surface area contributed by atoms with E-state index in [9.17, 15) is 0 Å². The Morgan fingerprint density at radius 2 is 0.792 bits per heavy atom. The van der Waals surface area contributed by atoms with Crippen LogP contribution in [-0.2, 0) is 5.41 Å². The number of rotatable bonds is 4. The number of hydrogen-bond acceptors (Lipinski definition) is 0. The second kappa shape index (κ2) is 6.65. The molecule has 0 amide bonds. The molecular formula is C24H26. The van der Waals surface area contributed by atoms with Crippen LogP contribution in [0.4, 0.5) is 0 Å². The molecule has 0 spiro atoms. The van der Waals surface area contributed by atoms with E-state index in [0.717, 1.165) is 6.42 Å².